The highest BCUT2D eigenvalue weighted by Gasteiger charge is 2.04. The van der Waals surface area contributed by atoms with Crippen LogP contribution in [0.4, 0.5) is 0 Å². The number of rotatable bonds is 2. The van der Waals surface area contributed by atoms with Gasteiger partial charge in [-0.1, -0.05) is 0 Å². The lowest BCUT2D eigenvalue weighted by molar-refractivity contribution is 0.197. The molecule has 1 aliphatic rings. The molecule has 1 heterocycles. The zero-order chi connectivity index (χ0) is 8.10. The lowest BCUT2D eigenvalue weighted by Gasteiger charge is -2.14. The zero-order valence-corrected chi connectivity index (χ0v) is 7.01. The van der Waals surface area contributed by atoms with Crippen molar-refractivity contribution in [3.63, 3.8) is 0 Å². The molecule has 0 fully saturated rings. The van der Waals surface area contributed by atoms with E-state index in [0.717, 1.165) is 18.8 Å². The van der Waals surface area contributed by atoms with Gasteiger partial charge in [0.05, 0.1) is 11.9 Å². The molecule has 0 bridgehead atoms. The Bertz CT molecular complexity index is 143. The first-order valence-corrected chi connectivity index (χ1v) is 4.24. The summed E-state index contributed by atoms with van der Waals surface area (Å²) in [5.74, 6) is 1.07. The average Bonchev–Trinajstić information content (AvgIpc) is 2.03. The molecule has 0 amide bonds. The SMILES string of the molecule is CC(O)CNC1=NCCCC1. The van der Waals surface area contributed by atoms with Gasteiger partial charge in [0.1, 0.15) is 0 Å². The Kier molecular flexibility index (Phi) is 3.36. The third-order valence-corrected chi connectivity index (χ3v) is 1.73. The number of aliphatic imine (C=N–C) groups is 1. The van der Waals surface area contributed by atoms with Crippen LogP contribution in [-0.4, -0.2) is 30.1 Å². The normalized spacial score (nSPS) is 20.7. The van der Waals surface area contributed by atoms with E-state index >= 15 is 0 Å². The minimum atomic E-state index is -0.278. The topological polar surface area (TPSA) is 44.6 Å². The van der Waals surface area contributed by atoms with Gasteiger partial charge in [0.15, 0.2) is 0 Å². The van der Waals surface area contributed by atoms with Gasteiger partial charge in [-0.15, -0.1) is 0 Å². The highest BCUT2D eigenvalue weighted by atomic mass is 16.3. The van der Waals surface area contributed by atoms with Crippen molar-refractivity contribution in [3.05, 3.63) is 0 Å². The summed E-state index contributed by atoms with van der Waals surface area (Å²) in [7, 11) is 0. The number of aliphatic hydroxyl groups excluding tert-OH is 1. The van der Waals surface area contributed by atoms with Crippen LogP contribution < -0.4 is 5.32 Å². The number of hydrogen-bond donors (Lipinski definition) is 2. The van der Waals surface area contributed by atoms with E-state index < -0.39 is 0 Å². The lowest BCUT2D eigenvalue weighted by Crippen LogP contribution is -2.31. The molecule has 0 saturated carbocycles. The first kappa shape index (κ1) is 8.53. The summed E-state index contributed by atoms with van der Waals surface area (Å²) in [5, 5.41) is 12.1. The molecule has 0 aliphatic carbocycles. The first-order valence-electron chi connectivity index (χ1n) is 4.24. The first-order chi connectivity index (χ1) is 5.29. The van der Waals surface area contributed by atoms with Crippen molar-refractivity contribution in [2.45, 2.75) is 32.3 Å². The number of hydrogen-bond acceptors (Lipinski definition) is 3. The Labute approximate surface area is 67.5 Å². The maximum absolute atomic E-state index is 8.97. The second kappa shape index (κ2) is 4.34. The van der Waals surface area contributed by atoms with Gasteiger partial charge in [-0.3, -0.25) is 4.99 Å². The summed E-state index contributed by atoms with van der Waals surface area (Å²) in [6.45, 7) is 3.34. The van der Waals surface area contributed by atoms with Crippen LogP contribution in [0.1, 0.15) is 26.2 Å². The second-order valence-corrected chi connectivity index (χ2v) is 3.02. The van der Waals surface area contributed by atoms with Crippen LogP contribution in [0.15, 0.2) is 4.99 Å². The molecule has 11 heavy (non-hydrogen) atoms. The molecule has 1 unspecified atom stereocenters. The van der Waals surface area contributed by atoms with Crippen molar-refractivity contribution >= 4 is 5.84 Å². The Morgan fingerprint density at radius 3 is 3.00 bits per heavy atom. The van der Waals surface area contributed by atoms with E-state index in [1.54, 1.807) is 6.92 Å². The molecule has 0 radical (unpaired) electrons. The monoisotopic (exact) mass is 156 g/mol. The molecular weight excluding hydrogens is 140 g/mol. The molecule has 1 aliphatic heterocycles. The number of nitrogens with zero attached hydrogens (tertiary/aromatic N) is 1. The largest absolute Gasteiger partial charge is 0.392 e. The van der Waals surface area contributed by atoms with Gasteiger partial charge in [0, 0.05) is 19.5 Å². The fraction of sp³-hybridized carbons (Fsp3) is 0.875. The number of aliphatic hydroxyl groups is 1. The quantitative estimate of drug-likeness (QED) is 0.613. The van der Waals surface area contributed by atoms with Gasteiger partial charge < -0.3 is 10.4 Å². The summed E-state index contributed by atoms with van der Waals surface area (Å²) < 4.78 is 0. The molecule has 0 aromatic rings. The predicted octanol–water partition coefficient (Wildman–Crippen LogP) is 0.539. The highest BCUT2D eigenvalue weighted by Crippen LogP contribution is 2.03. The molecule has 0 aromatic heterocycles. The van der Waals surface area contributed by atoms with E-state index in [-0.39, 0.29) is 6.10 Å². The van der Waals surface area contributed by atoms with E-state index in [1.807, 2.05) is 0 Å². The van der Waals surface area contributed by atoms with Crippen LogP contribution in [0.5, 0.6) is 0 Å². The van der Waals surface area contributed by atoms with Crippen molar-refractivity contribution in [3.8, 4) is 0 Å². The van der Waals surface area contributed by atoms with Gasteiger partial charge in [-0.2, -0.15) is 0 Å². The third kappa shape index (κ3) is 3.37. The van der Waals surface area contributed by atoms with Gasteiger partial charge in [0.25, 0.3) is 0 Å². The molecule has 0 spiro atoms. The van der Waals surface area contributed by atoms with Crippen LogP contribution in [0.25, 0.3) is 0 Å². The Balaban J connectivity index is 2.19. The summed E-state index contributed by atoms with van der Waals surface area (Å²) in [5.41, 5.74) is 0. The van der Waals surface area contributed by atoms with Crippen molar-refractivity contribution < 1.29 is 5.11 Å². The van der Waals surface area contributed by atoms with Gasteiger partial charge in [-0.25, -0.2) is 0 Å². The fourth-order valence-corrected chi connectivity index (χ4v) is 1.11. The maximum Gasteiger partial charge on any atom is 0.0963 e. The summed E-state index contributed by atoms with van der Waals surface area (Å²) in [6.07, 6.45) is 3.21. The minimum absolute atomic E-state index is 0.278. The number of nitrogens with one attached hydrogen (secondary N) is 1. The van der Waals surface area contributed by atoms with Crippen molar-refractivity contribution in [2.75, 3.05) is 13.1 Å². The fourth-order valence-electron chi connectivity index (χ4n) is 1.11. The Morgan fingerprint density at radius 1 is 1.64 bits per heavy atom. The molecule has 1 rings (SSSR count). The molecular formula is C8H16N2O. The molecule has 3 nitrogen and oxygen atoms in total. The van der Waals surface area contributed by atoms with E-state index in [2.05, 4.69) is 10.3 Å². The van der Waals surface area contributed by atoms with Crippen LogP contribution in [0.3, 0.4) is 0 Å². The molecule has 64 valence electrons. The minimum Gasteiger partial charge on any atom is -0.392 e. The van der Waals surface area contributed by atoms with Crippen molar-refractivity contribution in [1.82, 2.24) is 5.32 Å². The second-order valence-electron chi connectivity index (χ2n) is 3.02. The van der Waals surface area contributed by atoms with E-state index in [4.69, 9.17) is 5.11 Å². The zero-order valence-electron chi connectivity index (χ0n) is 7.01. The molecule has 2 N–H and O–H groups in total. The van der Waals surface area contributed by atoms with E-state index in [0.29, 0.717) is 6.54 Å². The van der Waals surface area contributed by atoms with Gasteiger partial charge >= 0.3 is 0 Å². The molecule has 1 atom stereocenters. The third-order valence-electron chi connectivity index (χ3n) is 1.73. The van der Waals surface area contributed by atoms with E-state index in [9.17, 15) is 0 Å². The standard InChI is InChI=1S/C8H16N2O/c1-7(11)6-10-8-4-2-3-5-9-8/h7,11H,2-6H2,1H3,(H,9,10). The average molecular weight is 156 g/mol. The summed E-state index contributed by atoms with van der Waals surface area (Å²) >= 11 is 0. The van der Waals surface area contributed by atoms with Crippen LogP contribution >= 0.6 is 0 Å². The lowest BCUT2D eigenvalue weighted by atomic mass is 10.2. The molecule has 0 aromatic carbocycles. The van der Waals surface area contributed by atoms with Crippen LogP contribution in [0.2, 0.25) is 0 Å². The predicted molar refractivity (Wildman–Crippen MR) is 45.8 cm³/mol. The Morgan fingerprint density at radius 2 is 2.45 bits per heavy atom. The van der Waals surface area contributed by atoms with Crippen LogP contribution in [0, 0.1) is 0 Å². The maximum atomic E-state index is 8.97. The molecule has 0 saturated heterocycles. The highest BCUT2D eigenvalue weighted by molar-refractivity contribution is 5.82. The van der Waals surface area contributed by atoms with Crippen molar-refractivity contribution in [1.29, 1.82) is 0 Å². The van der Waals surface area contributed by atoms with E-state index in [1.165, 1.54) is 12.8 Å². The Hall–Kier alpha value is -0.570. The summed E-state index contributed by atoms with van der Waals surface area (Å²) in [4.78, 5) is 4.30. The summed E-state index contributed by atoms with van der Waals surface area (Å²) in [6, 6.07) is 0. The van der Waals surface area contributed by atoms with Crippen LogP contribution in [-0.2, 0) is 0 Å². The molecule has 3 heteroatoms. The smallest absolute Gasteiger partial charge is 0.0963 e. The van der Waals surface area contributed by atoms with Gasteiger partial charge in [-0.05, 0) is 19.8 Å². The number of amidine groups is 1. The van der Waals surface area contributed by atoms with Gasteiger partial charge in [0.2, 0.25) is 0 Å². The van der Waals surface area contributed by atoms with Crippen molar-refractivity contribution in [2.24, 2.45) is 4.99 Å².